The van der Waals surface area contributed by atoms with Crippen molar-refractivity contribution in [3.05, 3.63) is 76.3 Å². The Balaban J connectivity index is 1.79. The van der Waals surface area contributed by atoms with E-state index in [1.165, 1.54) is 12.1 Å². The second-order valence-corrected chi connectivity index (χ2v) is 6.75. The summed E-state index contributed by atoms with van der Waals surface area (Å²) in [5.74, 6) is -1.37. The smallest absolute Gasteiger partial charge is 0.321 e. The van der Waals surface area contributed by atoms with E-state index in [2.05, 4.69) is 15.6 Å². The van der Waals surface area contributed by atoms with E-state index in [-0.39, 0.29) is 10.0 Å². The lowest BCUT2D eigenvalue weighted by atomic mass is 10.1. The molecule has 9 heteroatoms. The van der Waals surface area contributed by atoms with Gasteiger partial charge in [0.1, 0.15) is 4.88 Å². The van der Waals surface area contributed by atoms with Crippen LogP contribution in [0, 0.1) is 6.92 Å². The molecular weight excluding hydrogens is 391 g/mol. The molecule has 1 aromatic heterocycles. The van der Waals surface area contributed by atoms with Crippen LogP contribution in [0.4, 0.5) is 24.0 Å². The molecule has 0 radical (unpaired) electrons. The van der Waals surface area contributed by atoms with Crippen LogP contribution in [0.5, 0.6) is 0 Å². The van der Waals surface area contributed by atoms with E-state index in [4.69, 9.17) is 0 Å². The number of halogens is 3. The lowest BCUT2D eigenvalue weighted by molar-refractivity contribution is -0.137. The molecule has 3 rings (SSSR count). The fraction of sp³-hybridized carbons (Fsp3) is 0.105. The largest absolute Gasteiger partial charge is 0.417 e. The van der Waals surface area contributed by atoms with Gasteiger partial charge in [-0.3, -0.25) is 14.9 Å². The lowest BCUT2D eigenvalue weighted by Gasteiger charge is -2.11. The number of nitrogens with one attached hydrogen (secondary N) is 2. The molecular formula is C19H14F3N3O2S. The maximum absolute atomic E-state index is 13.1. The molecule has 0 spiro atoms. The average molecular weight is 405 g/mol. The molecule has 2 N–H and O–H groups in total. The van der Waals surface area contributed by atoms with E-state index in [1.807, 2.05) is 0 Å². The Morgan fingerprint density at radius 3 is 2.25 bits per heavy atom. The highest BCUT2D eigenvalue weighted by atomic mass is 32.1. The Bertz CT molecular complexity index is 1020. The van der Waals surface area contributed by atoms with Crippen LogP contribution in [0.2, 0.25) is 0 Å². The molecule has 0 aliphatic heterocycles. The SMILES string of the molecule is Cc1nc(NC(=O)c2ccccc2C(F)(F)F)sc1C(=O)Nc1ccccc1. The number of hydrogen-bond acceptors (Lipinski definition) is 4. The number of aromatic nitrogens is 1. The minimum absolute atomic E-state index is 0.0395. The predicted molar refractivity (Wildman–Crippen MR) is 101 cm³/mol. The third-order valence-electron chi connectivity index (χ3n) is 3.73. The van der Waals surface area contributed by atoms with Crippen molar-refractivity contribution in [3.8, 4) is 0 Å². The number of anilines is 2. The number of benzene rings is 2. The van der Waals surface area contributed by atoms with Crippen molar-refractivity contribution >= 4 is 34.0 Å². The lowest BCUT2D eigenvalue weighted by Crippen LogP contribution is -2.18. The fourth-order valence-corrected chi connectivity index (χ4v) is 3.32. The van der Waals surface area contributed by atoms with Crippen molar-refractivity contribution < 1.29 is 22.8 Å². The van der Waals surface area contributed by atoms with Crippen LogP contribution in [0.25, 0.3) is 0 Å². The maximum Gasteiger partial charge on any atom is 0.417 e. The Hall–Kier alpha value is -3.20. The quantitative estimate of drug-likeness (QED) is 0.644. The first-order valence-corrected chi connectivity index (χ1v) is 8.89. The van der Waals surface area contributed by atoms with E-state index >= 15 is 0 Å². The minimum atomic E-state index is -4.66. The summed E-state index contributed by atoms with van der Waals surface area (Å²) in [6.07, 6.45) is -4.66. The molecule has 28 heavy (non-hydrogen) atoms. The molecule has 3 aromatic rings. The summed E-state index contributed by atoms with van der Waals surface area (Å²) in [6.45, 7) is 1.58. The number of carbonyl (C=O) groups excluding carboxylic acids is 2. The normalized spacial score (nSPS) is 11.1. The molecule has 0 fully saturated rings. The van der Waals surface area contributed by atoms with Crippen LogP contribution < -0.4 is 10.6 Å². The molecule has 0 saturated heterocycles. The number of amides is 2. The Morgan fingerprint density at radius 1 is 0.929 bits per heavy atom. The second-order valence-electron chi connectivity index (χ2n) is 5.75. The van der Waals surface area contributed by atoms with Gasteiger partial charge in [-0.1, -0.05) is 41.7 Å². The van der Waals surface area contributed by atoms with Gasteiger partial charge < -0.3 is 5.32 Å². The molecule has 5 nitrogen and oxygen atoms in total. The molecule has 2 aromatic carbocycles. The number of carbonyl (C=O) groups is 2. The van der Waals surface area contributed by atoms with Gasteiger partial charge >= 0.3 is 6.18 Å². The first kappa shape index (κ1) is 19.6. The molecule has 0 bridgehead atoms. The number of nitrogens with zero attached hydrogens (tertiary/aromatic N) is 1. The van der Waals surface area contributed by atoms with Gasteiger partial charge in [-0.05, 0) is 31.2 Å². The number of aryl methyl sites for hydroxylation is 1. The first-order valence-electron chi connectivity index (χ1n) is 8.07. The maximum atomic E-state index is 13.1. The van der Waals surface area contributed by atoms with Crippen molar-refractivity contribution in [2.75, 3.05) is 10.6 Å². The van der Waals surface area contributed by atoms with Gasteiger partial charge in [0.15, 0.2) is 5.13 Å². The van der Waals surface area contributed by atoms with Crippen molar-refractivity contribution in [2.45, 2.75) is 13.1 Å². The van der Waals surface area contributed by atoms with Gasteiger partial charge in [0.05, 0.1) is 16.8 Å². The molecule has 1 heterocycles. The zero-order valence-corrected chi connectivity index (χ0v) is 15.3. The Labute approximate surface area is 162 Å². The fourth-order valence-electron chi connectivity index (χ4n) is 2.46. The molecule has 0 atom stereocenters. The number of rotatable bonds is 4. The van der Waals surface area contributed by atoms with Crippen molar-refractivity contribution in [1.82, 2.24) is 4.98 Å². The van der Waals surface area contributed by atoms with Crippen LogP contribution in [-0.2, 0) is 6.18 Å². The van der Waals surface area contributed by atoms with E-state index in [0.29, 0.717) is 11.4 Å². The van der Waals surface area contributed by atoms with E-state index < -0.39 is 29.1 Å². The molecule has 0 saturated carbocycles. The average Bonchev–Trinajstić information content (AvgIpc) is 3.02. The van der Waals surface area contributed by atoms with Crippen LogP contribution in [-0.4, -0.2) is 16.8 Å². The summed E-state index contributed by atoms with van der Waals surface area (Å²) in [5.41, 5.74) is -0.608. The van der Waals surface area contributed by atoms with Crippen molar-refractivity contribution in [2.24, 2.45) is 0 Å². The van der Waals surface area contributed by atoms with Crippen LogP contribution in [0.15, 0.2) is 54.6 Å². The number of alkyl halides is 3. The standard InChI is InChI=1S/C19H14F3N3O2S/c1-11-15(17(27)24-12-7-3-2-4-8-12)28-18(23-11)25-16(26)13-9-5-6-10-14(13)19(20,21)22/h2-10H,1H3,(H,24,27)(H,23,25,26). The molecule has 0 unspecified atom stereocenters. The van der Waals surface area contributed by atoms with Crippen LogP contribution in [0.3, 0.4) is 0 Å². The summed E-state index contributed by atoms with van der Waals surface area (Å²) >= 11 is 0.887. The predicted octanol–water partition coefficient (Wildman–Crippen LogP) is 4.97. The zero-order chi connectivity index (χ0) is 20.3. The van der Waals surface area contributed by atoms with Gasteiger partial charge in [0, 0.05) is 5.69 Å². The second kappa shape index (κ2) is 7.81. The number of para-hydroxylation sites is 1. The highest BCUT2D eigenvalue weighted by molar-refractivity contribution is 7.17. The molecule has 0 aliphatic carbocycles. The van der Waals surface area contributed by atoms with E-state index in [1.54, 1.807) is 37.3 Å². The summed E-state index contributed by atoms with van der Waals surface area (Å²) < 4.78 is 39.2. The molecule has 144 valence electrons. The minimum Gasteiger partial charge on any atom is -0.321 e. The van der Waals surface area contributed by atoms with Crippen LogP contribution >= 0.6 is 11.3 Å². The van der Waals surface area contributed by atoms with Gasteiger partial charge in [0.2, 0.25) is 0 Å². The van der Waals surface area contributed by atoms with Gasteiger partial charge in [-0.15, -0.1) is 0 Å². The van der Waals surface area contributed by atoms with E-state index in [9.17, 15) is 22.8 Å². The summed E-state index contributed by atoms with van der Waals surface area (Å²) in [6, 6.07) is 13.2. The summed E-state index contributed by atoms with van der Waals surface area (Å²) in [5, 5.41) is 5.08. The Morgan fingerprint density at radius 2 is 1.57 bits per heavy atom. The third-order valence-corrected chi connectivity index (χ3v) is 4.80. The van der Waals surface area contributed by atoms with Crippen LogP contribution in [0.1, 0.15) is 31.3 Å². The highest BCUT2D eigenvalue weighted by Gasteiger charge is 2.35. The summed E-state index contributed by atoms with van der Waals surface area (Å²) in [4.78, 5) is 29.0. The van der Waals surface area contributed by atoms with Gasteiger partial charge in [-0.2, -0.15) is 13.2 Å². The number of thiazole rings is 1. The topological polar surface area (TPSA) is 71.1 Å². The highest BCUT2D eigenvalue weighted by Crippen LogP contribution is 2.32. The van der Waals surface area contributed by atoms with Gasteiger partial charge in [0.25, 0.3) is 11.8 Å². The van der Waals surface area contributed by atoms with Crippen molar-refractivity contribution in [1.29, 1.82) is 0 Å². The Kier molecular flexibility index (Phi) is 5.46. The molecule has 2 amide bonds. The van der Waals surface area contributed by atoms with Crippen molar-refractivity contribution in [3.63, 3.8) is 0 Å². The van der Waals surface area contributed by atoms with Gasteiger partial charge in [-0.25, -0.2) is 4.98 Å². The zero-order valence-electron chi connectivity index (χ0n) is 14.5. The number of hydrogen-bond donors (Lipinski definition) is 2. The molecule has 0 aliphatic rings. The van der Waals surface area contributed by atoms with E-state index in [0.717, 1.165) is 23.5 Å². The monoisotopic (exact) mass is 405 g/mol. The third kappa shape index (κ3) is 4.37. The summed E-state index contributed by atoms with van der Waals surface area (Å²) in [7, 11) is 0. The first-order chi connectivity index (χ1) is 13.3.